The molecule has 5 rings (SSSR count). The fraction of sp³-hybridized carbons (Fsp3) is 0.368. The van der Waals surface area contributed by atoms with Crippen molar-refractivity contribution in [3.8, 4) is 0 Å². The Balaban J connectivity index is 1.57. The van der Waals surface area contributed by atoms with Gasteiger partial charge >= 0.3 is 5.97 Å². The minimum Gasteiger partial charge on any atom is -0.477 e. The molecule has 1 N–H and O–H groups in total. The van der Waals surface area contributed by atoms with E-state index < -0.39 is 29.3 Å². The molecule has 2 aromatic rings. The van der Waals surface area contributed by atoms with Crippen LogP contribution >= 0.6 is 11.8 Å². The molecule has 0 aliphatic carbocycles. The van der Waals surface area contributed by atoms with Gasteiger partial charge in [0.25, 0.3) is 0 Å². The van der Waals surface area contributed by atoms with Crippen LogP contribution in [0.1, 0.15) is 27.5 Å². The zero-order valence-corrected chi connectivity index (χ0v) is 16.7. The van der Waals surface area contributed by atoms with Gasteiger partial charge in [-0.05, 0) is 11.5 Å². The summed E-state index contributed by atoms with van der Waals surface area (Å²) in [6.45, 7) is 1.14. The Labute approximate surface area is 173 Å². The van der Waals surface area contributed by atoms with Crippen molar-refractivity contribution < 1.29 is 18.8 Å². The molecule has 3 aliphatic heterocycles. The van der Waals surface area contributed by atoms with E-state index in [9.17, 15) is 14.7 Å². The van der Waals surface area contributed by atoms with Crippen molar-refractivity contribution in [2.75, 3.05) is 20.1 Å². The molecule has 156 valence electrons. The van der Waals surface area contributed by atoms with E-state index in [1.165, 1.54) is 30.3 Å². The standard InChI is InChI=1S/C19H18FN5O4S/c1-23-3-5-30-19(23)25-9-12(18(27)28)15(26)11-6-13(20)17(21-16(11)25)24-7-10(8-24)14-2-4-29-22-14/h2-6,9-10,13,17,19H,7-8H2,1H3,(H,27,28). The minimum atomic E-state index is -1.52. The minimum absolute atomic E-state index is 0.00637. The molecule has 9 nitrogen and oxygen atoms in total. The number of aromatic carboxylic acids is 1. The van der Waals surface area contributed by atoms with E-state index >= 15 is 4.39 Å². The highest BCUT2D eigenvalue weighted by molar-refractivity contribution is 8.02. The maximum absolute atomic E-state index is 15.0. The second-order valence-electron chi connectivity index (χ2n) is 7.46. The molecule has 3 unspecified atom stereocenters. The zero-order valence-electron chi connectivity index (χ0n) is 15.9. The molecular formula is C19H18FN5O4S. The summed E-state index contributed by atoms with van der Waals surface area (Å²) in [5, 5.41) is 15.3. The van der Waals surface area contributed by atoms with Gasteiger partial charge in [0.1, 0.15) is 23.5 Å². The lowest BCUT2D eigenvalue weighted by Gasteiger charge is -2.43. The monoisotopic (exact) mass is 431 g/mol. The van der Waals surface area contributed by atoms with E-state index in [4.69, 9.17) is 4.52 Å². The number of likely N-dealkylation sites (tertiary alicyclic amines) is 1. The van der Waals surface area contributed by atoms with Crippen LogP contribution in [0.2, 0.25) is 0 Å². The Bertz CT molecular complexity index is 1200. The second-order valence-corrected chi connectivity index (χ2v) is 8.43. The van der Waals surface area contributed by atoms with Crippen LogP contribution in [-0.4, -0.2) is 63.1 Å². The fourth-order valence-corrected chi connectivity index (χ4v) is 4.91. The van der Waals surface area contributed by atoms with Gasteiger partial charge in [-0.3, -0.25) is 9.69 Å². The summed E-state index contributed by atoms with van der Waals surface area (Å²) >= 11 is 1.44. The number of hydrogen-bond donors (Lipinski definition) is 1. The molecule has 0 saturated carbocycles. The van der Waals surface area contributed by atoms with Crippen LogP contribution in [0.25, 0.3) is 6.08 Å². The normalized spacial score (nSPS) is 26.1. The van der Waals surface area contributed by atoms with Crippen LogP contribution in [0.4, 0.5) is 4.39 Å². The quantitative estimate of drug-likeness (QED) is 0.738. The molecule has 5 heterocycles. The van der Waals surface area contributed by atoms with Crippen molar-refractivity contribution in [2.24, 2.45) is 4.99 Å². The first-order valence-electron chi connectivity index (χ1n) is 9.34. The molecule has 0 bridgehead atoms. The molecule has 3 atom stereocenters. The average Bonchev–Trinajstić information content (AvgIpc) is 3.34. The number of nitrogens with zero attached hydrogens (tertiary/aromatic N) is 5. The van der Waals surface area contributed by atoms with Crippen molar-refractivity contribution in [3.63, 3.8) is 0 Å². The Morgan fingerprint density at radius 1 is 1.40 bits per heavy atom. The van der Waals surface area contributed by atoms with Gasteiger partial charge in [-0.15, -0.1) is 0 Å². The fourth-order valence-electron chi connectivity index (χ4n) is 3.96. The summed E-state index contributed by atoms with van der Waals surface area (Å²) in [5.41, 5.74) is -0.324. The molecule has 1 fully saturated rings. The number of thioether (sulfide) groups is 1. The van der Waals surface area contributed by atoms with Crippen molar-refractivity contribution in [3.05, 3.63) is 62.3 Å². The van der Waals surface area contributed by atoms with Crippen molar-refractivity contribution in [1.29, 1.82) is 0 Å². The third kappa shape index (κ3) is 2.96. The van der Waals surface area contributed by atoms with Crippen molar-refractivity contribution in [1.82, 2.24) is 19.5 Å². The number of hydrogen-bond acceptors (Lipinski definition) is 8. The maximum atomic E-state index is 15.0. The number of carbonyl (C=O) groups is 1. The lowest BCUT2D eigenvalue weighted by Crippen LogP contribution is -2.59. The van der Waals surface area contributed by atoms with Crippen LogP contribution in [0.3, 0.4) is 0 Å². The maximum Gasteiger partial charge on any atom is 0.341 e. The summed E-state index contributed by atoms with van der Waals surface area (Å²) in [4.78, 5) is 32.6. The molecule has 0 spiro atoms. The van der Waals surface area contributed by atoms with Gasteiger partial charge in [0.05, 0.1) is 10.9 Å². The molecule has 3 aliphatic rings. The Kier molecular flexibility index (Phi) is 4.51. The summed E-state index contributed by atoms with van der Waals surface area (Å²) in [6.07, 6.45) is 3.55. The Morgan fingerprint density at radius 3 is 2.83 bits per heavy atom. The molecule has 0 aromatic carbocycles. The van der Waals surface area contributed by atoms with Crippen LogP contribution < -0.4 is 16.1 Å². The topological polar surface area (TPSA) is 104 Å². The van der Waals surface area contributed by atoms with E-state index in [-0.39, 0.29) is 16.6 Å². The van der Waals surface area contributed by atoms with Gasteiger partial charge in [-0.25, -0.2) is 14.2 Å². The van der Waals surface area contributed by atoms with Gasteiger partial charge in [0, 0.05) is 44.5 Å². The molecule has 11 heteroatoms. The largest absolute Gasteiger partial charge is 0.477 e. The van der Waals surface area contributed by atoms with E-state index in [0.717, 1.165) is 5.69 Å². The number of halogens is 1. The number of rotatable bonds is 4. The van der Waals surface area contributed by atoms with Crippen LogP contribution in [0.15, 0.2) is 44.4 Å². The Hall–Kier alpha value is -2.92. The number of fused-ring (bicyclic) bond motifs is 1. The number of carboxylic acids is 1. The number of aromatic nitrogens is 2. The highest BCUT2D eigenvalue weighted by Gasteiger charge is 2.39. The predicted molar refractivity (Wildman–Crippen MR) is 106 cm³/mol. The molecular weight excluding hydrogens is 413 g/mol. The zero-order chi connectivity index (χ0) is 21.0. The van der Waals surface area contributed by atoms with Crippen molar-refractivity contribution in [2.45, 2.75) is 23.8 Å². The summed E-state index contributed by atoms with van der Waals surface area (Å²) < 4.78 is 21.5. The van der Waals surface area contributed by atoms with E-state index in [1.807, 2.05) is 28.5 Å². The van der Waals surface area contributed by atoms with Crippen LogP contribution in [0, 0.1) is 0 Å². The highest BCUT2D eigenvalue weighted by Crippen LogP contribution is 2.32. The summed E-state index contributed by atoms with van der Waals surface area (Å²) in [7, 11) is 1.84. The third-order valence-electron chi connectivity index (χ3n) is 5.58. The predicted octanol–water partition coefficient (Wildman–Crippen LogP) is 0.318. The second kappa shape index (κ2) is 7.10. The van der Waals surface area contributed by atoms with Crippen molar-refractivity contribution >= 4 is 23.8 Å². The highest BCUT2D eigenvalue weighted by atomic mass is 32.2. The lowest BCUT2D eigenvalue weighted by molar-refractivity contribution is 0.0571. The third-order valence-corrected chi connectivity index (χ3v) is 6.66. The first kappa shape index (κ1) is 19.1. The SMILES string of the molecule is CN1C=CSC1n1cc(C(=O)O)c(=O)c2c1=NC(N1CC(c3ccon3)C1)C(F)C=2. The summed E-state index contributed by atoms with van der Waals surface area (Å²) in [5.74, 6) is -1.20. The first-order valence-corrected chi connectivity index (χ1v) is 10.3. The van der Waals surface area contributed by atoms with Gasteiger partial charge in [0.15, 0.2) is 11.7 Å². The molecule has 0 radical (unpaired) electrons. The Morgan fingerprint density at radius 2 is 2.20 bits per heavy atom. The molecule has 0 amide bonds. The first-order chi connectivity index (χ1) is 14.4. The van der Waals surface area contributed by atoms with Gasteiger partial charge < -0.3 is 19.1 Å². The van der Waals surface area contributed by atoms with Crippen LogP contribution in [-0.2, 0) is 0 Å². The van der Waals surface area contributed by atoms with Crippen LogP contribution in [0.5, 0.6) is 0 Å². The summed E-state index contributed by atoms with van der Waals surface area (Å²) in [6, 6.07) is 1.79. The lowest BCUT2D eigenvalue weighted by atomic mass is 9.94. The van der Waals surface area contributed by atoms with Gasteiger partial charge in [-0.2, -0.15) is 0 Å². The molecule has 30 heavy (non-hydrogen) atoms. The smallest absolute Gasteiger partial charge is 0.341 e. The molecule has 1 saturated heterocycles. The van der Waals surface area contributed by atoms with Gasteiger partial charge in [-0.1, -0.05) is 16.9 Å². The van der Waals surface area contributed by atoms with E-state index in [1.54, 1.807) is 10.6 Å². The number of alkyl halides is 1. The average molecular weight is 431 g/mol. The van der Waals surface area contributed by atoms with E-state index in [0.29, 0.717) is 18.6 Å². The number of carboxylic acid groups (broad SMARTS) is 1. The van der Waals surface area contributed by atoms with Gasteiger partial charge in [0.2, 0.25) is 5.43 Å². The van der Waals surface area contributed by atoms with E-state index in [2.05, 4.69) is 10.1 Å². The molecule has 2 aromatic heterocycles. The number of pyridine rings is 1.